The van der Waals surface area contributed by atoms with Gasteiger partial charge in [0.25, 0.3) is 0 Å². The largest absolute Gasteiger partial charge is 0.529 e. The van der Waals surface area contributed by atoms with E-state index in [4.69, 9.17) is 0 Å². The first-order chi connectivity index (χ1) is 10.9. The minimum Gasteiger partial charge on any atom is -0.529 e. The van der Waals surface area contributed by atoms with Crippen molar-refractivity contribution in [1.29, 1.82) is 0 Å². The summed E-state index contributed by atoms with van der Waals surface area (Å²) in [5.41, 5.74) is 0. The summed E-state index contributed by atoms with van der Waals surface area (Å²) < 4.78 is 0. The predicted molar refractivity (Wildman–Crippen MR) is 86.0 cm³/mol. The number of hydrogen-bond donors (Lipinski definition) is 4. The average molecular weight is 579 g/mol. The van der Waals surface area contributed by atoms with Crippen molar-refractivity contribution in [3.63, 3.8) is 0 Å². The third-order valence-electron chi connectivity index (χ3n) is 3.67. The molecule has 0 bridgehead atoms. The van der Waals surface area contributed by atoms with Crippen LogP contribution in [-0.2, 0) is 9.59 Å². The zero-order valence-corrected chi connectivity index (χ0v) is 20.3. The van der Waals surface area contributed by atoms with Crippen LogP contribution in [0.25, 0.3) is 0 Å². The van der Waals surface area contributed by atoms with E-state index in [1.54, 1.807) is 12.8 Å². The first-order valence-electron chi connectivity index (χ1n) is 7.93. The molecule has 8 nitrogen and oxygen atoms in total. The van der Waals surface area contributed by atoms with E-state index in [1.165, 1.54) is 0 Å². The van der Waals surface area contributed by atoms with Crippen LogP contribution in [0.1, 0.15) is 0 Å². The Hall–Kier alpha value is -2.22. The van der Waals surface area contributed by atoms with Crippen molar-refractivity contribution < 1.29 is 9.59 Å². The fourth-order valence-corrected chi connectivity index (χ4v) is 2.40. The minimum atomic E-state index is 0. The van der Waals surface area contributed by atoms with E-state index < -0.39 is 0 Å². The van der Waals surface area contributed by atoms with Gasteiger partial charge in [0.1, 0.15) is 0 Å². The molecule has 0 aromatic rings. The molecule has 2 amide bonds. The Morgan fingerprint density at radius 3 is 1.39 bits per heavy atom. The van der Waals surface area contributed by atoms with Crippen LogP contribution in [0.4, 0.5) is 0 Å². The maximum Gasteiger partial charge on any atom is 0.0131 e. The van der Waals surface area contributed by atoms with Gasteiger partial charge < -0.3 is 30.9 Å². The number of nitrogens with zero attached hydrogens (tertiary/aromatic N) is 2. The summed E-state index contributed by atoms with van der Waals surface area (Å²) in [6.07, 6.45) is 3.33. The average Bonchev–Trinajstić information content (AvgIpc) is 2.58. The minimum absolute atomic E-state index is 0. The number of carbonyl (C=O) groups excluding carboxylic acids is 2. The molecule has 23 heavy (non-hydrogen) atoms. The molecule has 2 rings (SSSR count). The van der Waals surface area contributed by atoms with E-state index in [-0.39, 0.29) is 0 Å². The summed E-state index contributed by atoms with van der Waals surface area (Å²) in [7, 11) is 0. The summed E-state index contributed by atoms with van der Waals surface area (Å²) in [5, 5.41) is 11.6. The molecular weight excluding hydrogens is 551 g/mol. The number of nitrogens with one attached hydrogen (secondary N) is 4. The molecule has 0 saturated carbocycles. The molecule has 2 aliphatic rings. The van der Waals surface area contributed by atoms with Gasteiger partial charge in [0.2, 0.25) is 0 Å². The van der Waals surface area contributed by atoms with E-state index in [0.717, 1.165) is 65.4 Å². The Bertz CT molecular complexity index is 258. The van der Waals surface area contributed by atoms with Crippen LogP contribution in [0, 0.1) is 0 Å². The smallest absolute Gasteiger partial charge is 0.0131 e. The van der Waals surface area contributed by atoms with Crippen molar-refractivity contribution in [2.24, 2.45) is 0 Å². The normalized spacial score (nSPS) is 18.8. The Balaban J connectivity index is 0.000000403. The Labute approximate surface area is 133 Å². The van der Waals surface area contributed by atoms with E-state index in [9.17, 15) is 9.59 Å². The number of hydrogen-bond acceptors (Lipinski definition) is 6. The number of amides is 2. The van der Waals surface area contributed by atoms with Gasteiger partial charge in [-0.3, -0.25) is 9.80 Å². The van der Waals surface area contributed by atoms with Crippen molar-refractivity contribution in [3.05, 3.63) is 0 Å². The van der Waals surface area contributed by atoms with E-state index >= 15 is 0 Å². The van der Waals surface area contributed by atoms with Gasteiger partial charge in [-0.05, 0) is 13.1 Å². The first-order valence-corrected chi connectivity index (χ1v) is 7.93. The number of rotatable bonds is 8. The summed E-state index contributed by atoms with van der Waals surface area (Å²) in [6, 6.07) is 0. The summed E-state index contributed by atoms with van der Waals surface area (Å²) in [5.74, 6) is 0. The third kappa shape index (κ3) is 11.1. The third-order valence-corrected chi connectivity index (χ3v) is 3.67. The molecule has 0 aliphatic carbocycles. The van der Waals surface area contributed by atoms with Gasteiger partial charge in [-0.15, -0.1) is 0 Å². The molecular formula is C14H28N6O2Rf-2. The van der Waals surface area contributed by atoms with Gasteiger partial charge >= 0.3 is 0 Å². The van der Waals surface area contributed by atoms with Crippen molar-refractivity contribution >= 4 is 12.8 Å². The maximum absolute atomic E-state index is 9.78. The predicted octanol–water partition coefficient (Wildman–Crippen LogP) is -2.90. The molecule has 2 heterocycles. The SMILES string of the molecule is O=[C-]NCCN1CCNCC1.O=[C-]NCCN1CCNCC1.[Rf]. The zero-order valence-electron chi connectivity index (χ0n) is 13.9. The monoisotopic (exact) mass is 579 g/mol. The van der Waals surface area contributed by atoms with Crippen molar-refractivity contribution in [3.8, 4) is 0 Å². The second kappa shape index (κ2) is 14.7. The fraction of sp³-hybridized carbons (Fsp3) is 0.857. The molecule has 130 valence electrons. The summed E-state index contributed by atoms with van der Waals surface area (Å²) in [6.45, 7) is 11.9. The molecule has 0 spiro atoms. The van der Waals surface area contributed by atoms with Crippen LogP contribution in [0.3, 0.4) is 0 Å². The van der Waals surface area contributed by atoms with Gasteiger partial charge in [-0.2, -0.15) is 12.8 Å². The van der Waals surface area contributed by atoms with Crippen molar-refractivity contribution in [2.45, 2.75) is 0 Å². The molecule has 0 aromatic heterocycles. The zero-order chi connectivity index (χ0) is 15.9. The Kier molecular flexibility index (Phi) is 13.3. The second-order valence-electron chi connectivity index (χ2n) is 5.24. The van der Waals surface area contributed by atoms with Gasteiger partial charge in [-0.25, -0.2) is 0 Å². The first kappa shape index (κ1) is 20.8. The molecule has 2 fully saturated rings. The van der Waals surface area contributed by atoms with Crippen LogP contribution in [0.2, 0.25) is 0 Å². The van der Waals surface area contributed by atoms with Crippen LogP contribution < -0.4 is 21.3 Å². The quantitative estimate of drug-likeness (QED) is 0.140. The second-order valence-corrected chi connectivity index (χ2v) is 5.24. The molecule has 0 radical (unpaired) electrons. The fourth-order valence-electron chi connectivity index (χ4n) is 2.40. The standard InChI is InChI=1S/2C7H14N3O.Rf/c2*11-7-9-3-6-10-4-1-8-2-5-10;/h2*8H,1-6H2,(H,9,11);/q2*-1;. The van der Waals surface area contributed by atoms with Crippen molar-refractivity contribution in [1.82, 2.24) is 31.1 Å². The molecule has 0 atom stereocenters. The van der Waals surface area contributed by atoms with Gasteiger partial charge in [0.05, 0.1) is 0 Å². The summed E-state index contributed by atoms with van der Waals surface area (Å²) in [4.78, 5) is 24.2. The Morgan fingerprint density at radius 2 is 1.09 bits per heavy atom. The molecule has 0 unspecified atom stereocenters. The summed E-state index contributed by atoms with van der Waals surface area (Å²) >= 11 is 0. The maximum atomic E-state index is 9.78. The van der Waals surface area contributed by atoms with Gasteiger partial charge in [0.15, 0.2) is 0 Å². The molecule has 4 N–H and O–H groups in total. The van der Waals surface area contributed by atoms with E-state index in [1.807, 2.05) is 0 Å². The Morgan fingerprint density at radius 1 is 0.739 bits per heavy atom. The number of piperazine rings is 2. The van der Waals surface area contributed by atoms with Crippen LogP contribution in [0.5, 0.6) is 0 Å². The molecule has 0 aromatic carbocycles. The van der Waals surface area contributed by atoms with E-state index in [2.05, 4.69) is 31.1 Å². The van der Waals surface area contributed by atoms with Crippen LogP contribution >= 0.6 is 0 Å². The molecule has 2 saturated heterocycles. The van der Waals surface area contributed by atoms with Crippen LogP contribution in [0.15, 0.2) is 0 Å². The van der Waals surface area contributed by atoms with Gasteiger partial charge in [-0.1, -0.05) is 0 Å². The topological polar surface area (TPSA) is 88.7 Å². The molecule has 9 heteroatoms. The van der Waals surface area contributed by atoms with E-state index in [0.29, 0.717) is 13.1 Å². The van der Waals surface area contributed by atoms with Crippen molar-refractivity contribution in [2.75, 3.05) is 78.5 Å². The van der Waals surface area contributed by atoms with Crippen LogP contribution in [-0.4, -0.2) is 101 Å². The van der Waals surface area contributed by atoms with Gasteiger partial charge in [0, 0.05) is 65.4 Å². The molecule has 2 aliphatic heterocycles.